The predicted molar refractivity (Wildman–Crippen MR) is 115 cm³/mol. The number of rotatable bonds is 4. The van der Waals surface area contributed by atoms with Gasteiger partial charge in [-0.2, -0.15) is 15.0 Å². The van der Waals surface area contributed by atoms with E-state index in [0.29, 0.717) is 27.7 Å². The van der Waals surface area contributed by atoms with Crippen molar-refractivity contribution in [2.75, 3.05) is 0 Å². The van der Waals surface area contributed by atoms with Gasteiger partial charge in [-0.3, -0.25) is 0 Å². The Labute approximate surface area is 173 Å². The molecular weight excluding hydrogens is 378 g/mol. The summed E-state index contributed by atoms with van der Waals surface area (Å²) >= 11 is 0. The van der Waals surface area contributed by atoms with E-state index in [2.05, 4.69) is 15.0 Å². The second-order valence-corrected chi connectivity index (χ2v) is 7.45. The van der Waals surface area contributed by atoms with Crippen LogP contribution in [-0.4, -0.2) is 24.3 Å². The summed E-state index contributed by atoms with van der Waals surface area (Å²) < 4.78 is 0. The number of fused-ring (bicyclic) bond motifs is 1. The van der Waals surface area contributed by atoms with Crippen molar-refractivity contribution in [1.29, 1.82) is 0 Å². The lowest BCUT2D eigenvalue weighted by Crippen LogP contribution is -2.04. The SMILES string of the molecule is CC1(C)/C=C\C(N=C=O)C=CC(c2cc(N=C=O)c3ccccc3c2N=C=O)/C=C\1. The van der Waals surface area contributed by atoms with E-state index in [9.17, 15) is 14.4 Å². The molecule has 148 valence electrons. The van der Waals surface area contributed by atoms with Crippen molar-refractivity contribution in [2.24, 2.45) is 20.4 Å². The Morgan fingerprint density at radius 1 is 0.833 bits per heavy atom. The molecule has 1 aliphatic carbocycles. The number of nitrogens with zero attached hydrogens (tertiary/aromatic N) is 3. The van der Waals surface area contributed by atoms with Crippen LogP contribution in [-0.2, 0) is 14.4 Å². The van der Waals surface area contributed by atoms with Crippen molar-refractivity contribution >= 4 is 40.4 Å². The van der Waals surface area contributed by atoms with Crippen LogP contribution in [0, 0.1) is 5.41 Å². The Bertz CT molecular complexity index is 1200. The summed E-state index contributed by atoms with van der Waals surface area (Å²) in [7, 11) is 0. The Morgan fingerprint density at radius 2 is 1.53 bits per heavy atom. The van der Waals surface area contributed by atoms with E-state index in [1.165, 1.54) is 0 Å². The molecule has 2 unspecified atom stereocenters. The van der Waals surface area contributed by atoms with Crippen molar-refractivity contribution < 1.29 is 14.4 Å². The minimum atomic E-state index is -0.463. The summed E-state index contributed by atoms with van der Waals surface area (Å²) in [5.74, 6) is -0.314. The highest BCUT2D eigenvalue weighted by Crippen LogP contribution is 2.41. The zero-order chi connectivity index (χ0) is 21.6. The van der Waals surface area contributed by atoms with Gasteiger partial charge in [0.25, 0.3) is 0 Å². The molecule has 0 saturated heterocycles. The molecule has 30 heavy (non-hydrogen) atoms. The molecule has 0 aliphatic heterocycles. The maximum atomic E-state index is 11.2. The zero-order valence-corrected chi connectivity index (χ0v) is 16.6. The van der Waals surface area contributed by atoms with Crippen LogP contribution in [0.4, 0.5) is 11.4 Å². The number of aliphatic imine (C=N–C) groups is 3. The van der Waals surface area contributed by atoms with Crippen molar-refractivity contribution in [3.05, 3.63) is 72.4 Å². The van der Waals surface area contributed by atoms with Gasteiger partial charge in [-0.05, 0) is 11.6 Å². The zero-order valence-electron chi connectivity index (χ0n) is 16.6. The van der Waals surface area contributed by atoms with E-state index in [4.69, 9.17) is 0 Å². The number of hydrogen-bond donors (Lipinski definition) is 0. The molecule has 0 aromatic heterocycles. The number of benzene rings is 2. The van der Waals surface area contributed by atoms with Crippen LogP contribution in [0.1, 0.15) is 25.3 Å². The van der Waals surface area contributed by atoms with Gasteiger partial charge in [-0.15, -0.1) is 0 Å². The molecule has 0 amide bonds. The minimum absolute atomic E-state index is 0.296. The first-order chi connectivity index (χ1) is 14.5. The van der Waals surface area contributed by atoms with E-state index < -0.39 is 6.04 Å². The first-order valence-corrected chi connectivity index (χ1v) is 9.34. The van der Waals surface area contributed by atoms with Crippen LogP contribution in [0.2, 0.25) is 0 Å². The van der Waals surface area contributed by atoms with Gasteiger partial charge in [-0.1, -0.05) is 74.6 Å². The molecule has 2 atom stereocenters. The molecule has 0 saturated carbocycles. The van der Waals surface area contributed by atoms with Gasteiger partial charge in [-0.25, -0.2) is 14.4 Å². The highest BCUT2D eigenvalue weighted by atomic mass is 16.1. The van der Waals surface area contributed by atoms with E-state index >= 15 is 0 Å². The maximum Gasteiger partial charge on any atom is 0.240 e. The third-order valence-corrected chi connectivity index (χ3v) is 4.88. The van der Waals surface area contributed by atoms with Crippen molar-refractivity contribution in [2.45, 2.75) is 25.8 Å². The Morgan fingerprint density at radius 3 is 2.23 bits per heavy atom. The smallest absolute Gasteiger partial charge is 0.211 e. The maximum absolute atomic E-state index is 11.2. The second kappa shape index (κ2) is 9.04. The molecule has 0 radical (unpaired) electrons. The van der Waals surface area contributed by atoms with E-state index in [-0.39, 0.29) is 11.3 Å². The fraction of sp³-hybridized carbons (Fsp3) is 0.208. The lowest BCUT2D eigenvalue weighted by molar-refractivity contribution is 0.562. The lowest BCUT2D eigenvalue weighted by atomic mass is 9.88. The molecule has 0 fully saturated rings. The van der Waals surface area contributed by atoms with Crippen LogP contribution < -0.4 is 0 Å². The number of carbonyl (C=O) groups excluding carboxylic acids is 3. The lowest BCUT2D eigenvalue weighted by Gasteiger charge is -2.18. The van der Waals surface area contributed by atoms with Crippen LogP contribution in [0.5, 0.6) is 0 Å². The number of hydrogen-bond acceptors (Lipinski definition) is 6. The van der Waals surface area contributed by atoms with E-state index in [1.54, 1.807) is 36.4 Å². The molecule has 6 heteroatoms. The molecule has 0 N–H and O–H groups in total. The molecular formula is C24H19N3O3. The van der Waals surface area contributed by atoms with Gasteiger partial charge in [0.2, 0.25) is 18.2 Å². The quantitative estimate of drug-likeness (QED) is 0.400. The fourth-order valence-corrected chi connectivity index (χ4v) is 3.40. The van der Waals surface area contributed by atoms with Crippen LogP contribution in [0.3, 0.4) is 0 Å². The highest BCUT2D eigenvalue weighted by Gasteiger charge is 2.19. The number of isocyanates is 3. The van der Waals surface area contributed by atoms with Crippen LogP contribution in [0.15, 0.2) is 81.8 Å². The number of allylic oxidation sites excluding steroid dienone is 4. The van der Waals surface area contributed by atoms with Crippen molar-refractivity contribution in [1.82, 2.24) is 0 Å². The Kier molecular flexibility index (Phi) is 6.26. The van der Waals surface area contributed by atoms with E-state index in [0.717, 1.165) is 0 Å². The van der Waals surface area contributed by atoms with Gasteiger partial charge < -0.3 is 0 Å². The van der Waals surface area contributed by atoms with Gasteiger partial charge in [0, 0.05) is 22.1 Å². The molecule has 0 spiro atoms. The third kappa shape index (κ3) is 4.54. The van der Waals surface area contributed by atoms with E-state index in [1.807, 2.05) is 62.4 Å². The topological polar surface area (TPSA) is 88.3 Å². The molecule has 6 nitrogen and oxygen atoms in total. The van der Waals surface area contributed by atoms with Crippen molar-refractivity contribution in [3.63, 3.8) is 0 Å². The molecule has 3 rings (SSSR count). The minimum Gasteiger partial charge on any atom is -0.211 e. The average Bonchev–Trinajstić information content (AvgIpc) is 2.80. The molecule has 0 heterocycles. The van der Waals surface area contributed by atoms with Crippen LogP contribution in [0.25, 0.3) is 10.8 Å². The Balaban J connectivity index is 2.31. The standard InChI is InChI=1S/C24H19N3O3/c1-24(2)11-9-17(7-8-18(10-12-24)25-14-28)21-13-22(26-15-29)19-5-3-4-6-20(19)23(21)27-16-30/h3-13,17-18H,1-2H3/b8-7?,11-9-,12-10-. The third-order valence-electron chi connectivity index (χ3n) is 4.88. The molecule has 2 aromatic rings. The molecule has 0 bridgehead atoms. The monoisotopic (exact) mass is 397 g/mol. The average molecular weight is 397 g/mol. The van der Waals surface area contributed by atoms with Crippen LogP contribution >= 0.6 is 0 Å². The molecule has 1 aliphatic rings. The van der Waals surface area contributed by atoms with Gasteiger partial charge in [0.1, 0.15) is 0 Å². The Hall–Kier alpha value is -3.94. The first-order valence-electron chi connectivity index (χ1n) is 9.34. The van der Waals surface area contributed by atoms with Crippen molar-refractivity contribution in [3.8, 4) is 0 Å². The largest absolute Gasteiger partial charge is 0.240 e. The summed E-state index contributed by atoms with van der Waals surface area (Å²) in [5.41, 5.74) is 1.26. The van der Waals surface area contributed by atoms with Gasteiger partial charge in [0.15, 0.2) is 0 Å². The summed E-state index contributed by atoms with van der Waals surface area (Å²) in [4.78, 5) is 44.6. The first kappa shape index (κ1) is 20.8. The summed E-state index contributed by atoms with van der Waals surface area (Å²) in [6.07, 6.45) is 16.3. The summed E-state index contributed by atoms with van der Waals surface area (Å²) in [5, 5.41) is 1.36. The fourth-order valence-electron chi connectivity index (χ4n) is 3.40. The van der Waals surface area contributed by atoms with Gasteiger partial charge >= 0.3 is 0 Å². The summed E-state index contributed by atoms with van der Waals surface area (Å²) in [6.45, 7) is 4.05. The normalized spacial score (nSPS) is 21.7. The highest BCUT2D eigenvalue weighted by molar-refractivity contribution is 6.02. The molecule has 2 aromatic carbocycles. The predicted octanol–water partition coefficient (Wildman–Crippen LogP) is 5.27. The van der Waals surface area contributed by atoms with Gasteiger partial charge in [0.05, 0.1) is 17.4 Å². The summed E-state index contributed by atoms with van der Waals surface area (Å²) in [6, 6.07) is 8.51. The second-order valence-electron chi connectivity index (χ2n) is 7.45.